The van der Waals surface area contributed by atoms with Crippen LogP contribution < -0.4 is 0 Å². The third-order valence-corrected chi connectivity index (χ3v) is 2.55. The van der Waals surface area contributed by atoms with E-state index in [1.165, 1.54) is 0 Å². The molecule has 0 saturated heterocycles. The SMILES string of the molecule is Fc1c(Br)ccc2nc(Cl)ccc12. The molecule has 4 heteroatoms. The summed E-state index contributed by atoms with van der Waals surface area (Å²) >= 11 is 8.76. The van der Waals surface area contributed by atoms with Crippen molar-refractivity contribution < 1.29 is 4.39 Å². The number of rotatable bonds is 0. The predicted octanol–water partition coefficient (Wildman–Crippen LogP) is 3.79. The van der Waals surface area contributed by atoms with Gasteiger partial charge in [0.1, 0.15) is 11.0 Å². The van der Waals surface area contributed by atoms with E-state index in [0.29, 0.717) is 20.5 Å². The smallest absolute Gasteiger partial charge is 0.146 e. The maximum Gasteiger partial charge on any atom is 0.146 e. The van der Waals surface area contributed by atoms with Crippen LogP contribution in [0.2, 0.25) is 5.15 Å². The minimum atomic E-state index is -0.304. The summed E-state index contributed by atoms with van der Waals surface area (Å²) in [5.41, 5.74) is 0.563. The Morgan fingerprint density at radius 3 is 2.77 bits per heavy atom. The van der Waals surface area contributed by atoms with Gasteiger partial charge in [0.05, 0.1) is 9.99 Å². The Labute approximate surface area is 87.7 Å². The lowest BCUT2D eigenvalue weighted by Crippen LogP contribution is -1.84. The molecule has 1 aromatic heterocycles. The average molecular weight is 260 g/mol. The molecule has 0 amide bonds. The Morgan fingerprint density at radius 2 is 2.00 bits per heavy atom. The van der Waals surface area contributed by atoms with Crippen LogP contribution in [0.1, 0.15) is 0 Å². The largest absolute Gasteiger partial charge is 0.236 e. The Hall–Kier alpha value is -0.670. The first-order valence-electron chi connectivity index (χ1n) is 3.59. The van der Waals surface area contributed by atoms with Crippen molar-refractivity contribution in [3.8, 4) is 0 Å². The summed E-state index contributed by atoms with van der Waals surface area (Å²) in [6.45, 7) is 0. The molecule has 0 radical (unpaired) electrons. The molecule has 1 nitrogen and oxygen atoms in total. The Balaban J connectivity index is 2.87. The van der Waals surface area contributed by atoms with Crippen LogP contribution in [0.4, 0.5) is 4.39 Å². The van der Waals surface area contributed by atoms with Gasteiger partial charge in [-0.15, -0.1) is 0 Å². The highest BCUT2D eigenvalue weighted by Gasteiger charge is 2.05. The first kappa shape index (κ1) is 8.91. The molecule has 0 N–H and O–H groups in total. The van der Waals surface area contributed by atoms with Gasteiger partial charge in [-0.25, -0.2) is 9.37 Å². The molecule has 0 fully saturated rings. The van der Waals surface area contributed by atoms with E-state index in [2.05, 4.69) is 20.9 Å². The fraction of sp³-hybridized carbons (Fsp3) is 0. The van der Waals surface area contributed by atoms with Crippen molar-refractivity contribution in [1.29, 1.82) is 0 Å². The Bertz CT molecular complexity index is 472. The Kier molecular flexibility index (Phi) is 2.22. The summed E-state index contributed by atoms with van der Waals surface area (Å²) in [5, 5.41) is 0.841. The molecule has 0 aliphatic heterocycles. The zero-order valence-electron chi connectivity index (χ0n) is 6.39. The van der Waals surface area contributed by atoms with Gasteiger partial charge in [-0.1, -0.05) is 11.6 Å². The van der Waals surface area contributed by atoms with Crippen LogP contribution in [-0.4, -0.2) is 4.98 Å². The first-order chi connectivity index (χ1) is 6.18. The van der Waals surface area contributed by atoms with Crippen LogP contribution in [0, 0.1) is 5.82 Å². The van der Waals surface area contributed by atoms with Crippen LogP contribution in [0.3, 0.4) is 0 Å². The molecule has 0 spiro atoms. The molecule has 2 rings (SSSR count). The van der Waals surface area contributed by atoms with Crippen molar-refractivity contribution in [1.82, 2.24) is 4.98 Å². The van der Waals surface area contributed by atoms with Crippen LogP contribution >= 0.6 is 27.5 Å². The average Bonchev–Trinajstić information content (AvgIpc) is 2.12. The quantitative estimate of drug-likeness (QED) is 0.657. The number of pyridine rings is 1. The minimum absolute atomic E-state index is 0.304. The molecule has 66 valence electrons. The lowest BCUT2D eigenvalue weighted by Gasteiger charge is -2.00. The number of nitrogens with zero attached hydrogens (tertiary/aromatic N) is 1. The van der Waals surface area contributed by atoms with Crippen LogP contribution in [-0.2, 0) is 0 Å². The van der Waals surface area contributed by atoms with Crippen molar-refractivity contribution in [2.45, 2.75) is 0 Å². The molecule has 13 heavy (non-hydrogen) atoms. The van der Waals surface area contributed by atoms with Crippen molar-refractivity contribution in [2.75, 3.05) is 0 Å². The molecule has 1 aromatic carbocycles. The van der Waals surface area contributed by atoms with E-state index in [-0.39, 0.29) is 5.82 Å². The van der Waals surface area contributed by atoms with Crippen LogP contribution in [0.5, 0.6) is 0 Å². The number of fused-ring (bicyclic) bond motifs is 1. The molecule has 0 aliphatic carbocycles. The van der Waals surface area contributed by atoms with Crippen LogP contribution in [0.25, 0.3) is 10.9 Å². The molecule has 0 saturated carbocycles. The summed E-state index contributed by atoms with van der Waals surface area (Å²) in [7, 11) is 0. The second kappa shape index (κ2) is 3.24. The highest BCUT2D eigenvalue weighted by molar-refractivity contribution is 9.10. The van der Waals surface area contributed by atoms with E-state index < -0.39 is 0 Å². The summed E-state index contributed by atoms with van der Waals surface area (Å²) in [5.74, 6) is -0.304. The van der Waals surface area contributed by atoms with Crippen molar-refractivity contribution in [3.63, 3.8) is 0 Å². The van der Waals surface area contributed by atoms with Crippen molar-refractivity contribution in [2.24, 2.45) is 0 Å². The van der Waals surface area contributed by atoms with Gasteiger partial charge < -0.3 is 0 Å². The van der Waals surface area contributed by atoms with E-state index >= 15 is 0 Å². The Morgan fingerprint density at radius 1 is 1.23 bits per heavy atom. The fourth-order valence-corrected chi connectivity index (χ4v) is 1.62. The summed E-state index contributed by atoms with van der Waals surface area (Å²) in [6, 6.07) is 6.51. The number of benzene rings is 1. The standard InChI is InChI=1S/C9H4BrClFN/c10-6-2-3-7-5(9(6)12)1-4-8(11)13-7/h1-4H. The summed E-state index contributed by atoms with van der Waals surface area (Å²) in [4.78, 5) is 3.98. The highest BCUT2D eigenvalue weighted by Crippen LogP contribution is 2.24. The maximum atomic E-state index is 13.4. The van der Waals surface area contributed by atoms with Gasteiger partial charge in [0.25, 0.3) is 0 Å². The number of halogens is 3. The minimum Gasteiger partial charge on any atom is -0.236 e. The molecule has 0 unspecified atom stereocenters. The van der Waals surface area contributed by atoms with Gasteiger partial charge in [0.2, 0.25) is 0 Å². The van der Waals surface area contributed by atoms with Gasteiger partial charge in [0.15, 0.2) is 0 Å². The molecule has 2 aromatic rings. The van der Waals surface area contributed by atoms with E-state index in [4.69, 9.17) is 11.6 Å². The third kappa shape index (κ3) is 1.54. The van der Waals surface area contributed by atoms with E-state index in [1.807, 2.05) is 0 Å². The predicted molar refractivity (Wildman–Crippen MR) is 54.4 cm³/mol. The highest BCUT2D eigenvalue weighted by atomic mass is 79.9. The second-order valence-electron chi connectivity index (χ2n) is 2.56. The van der Waals surface area contributed by atoms with Crippen molar-refractivity contribution in [3.05, 3.63) is 39.7 Å². The number of hydrogen-bond acceptors (Lipinski definition) is 1. The number of aromatic nitrogens is 1. The van der Waals surface area contributed by atoms with Gasteiger partial charge in [-0.2, -0.15) is 0 Å². The topological polar surface area (TPSA) is 12.9 Å². The molecular formula is C9H4BrClFN. The third-order valence-electron chi connectivity index (χ3n) is 1.72. The summed E-state index contributed by atoms with van der Waals surface area (Å²) < 4.78 is 13.8. The lowest BCUT2D eigenvalue weighted by atomic mass is 10.2. The van der Waals surface area contributed by atoms with Crippen LogP contribution in [0.15, 0.2) is 28.7 Å². The maximum absolute atomic E-state index is 13.4. The molecule has 0 atom stereocenters. The van der Waals surface area contributed by atoms with Gasteiger partial charge in [-0.3, -0.25) is 0 Å². The molecule has 0 bridgehead atoms. The van der Waals surface area contributed by atoms with Gasteiger partial charge >= 0.3 is 0 Å². The molecule has 0 aliphatic rings. The first-order valence-corrected chi connectivity index (χ1v) is 4.76. The lowest BCUT2D eigenvalue weighted by molar-refractivity contribution is 0.633. The number of hydrogen-bond donors (Lipinski definition) is 0. The molecular weight excluding hydrogens is 256 g/mol. The monoisotopic (exact) mass is 259 g/mol. The normalized spacial score (nSPS) is 10.7. The van der Waals surface area contributed by atoms with Gasteiger partial charge in [-0.05, 0) is 40.2 Å². The van der Waals surface area contributed by atoms with E-state index in [0.717, 1.165) is 0 Å². The summed E-state index contributed by atoms with van der Waals surface area (Å²) in [6.07, 6.45) is 0. The van der Waals surface area contributed by atoms with Gasteiger partial charge in [0, 0.05) is 5.39 Å². The zero-order valence-corrected chi connectivity index (χ0v) is 8.73. The fourth-order valence-electron chi connectivity index (χ4n) is 1.12. The molecule has 1 heterocycles. The second-order valence-corrected chi connectivity index (χ2v) is 3.80. The zero-order chi connectivity index (χ0) is 9.42. The van der Waals surface area contributed by atoms with Crippen molar-refractivity contribution >= 4 is 38.4 Å². The van der Waals surface area contributed by atoms with E-state index in [1.54, 1.807) is 24.3 Å². The van der Waals surface area contributed by atoms with E-state index in [9.17, 15) is 4.39 Å².